The number of nitrogens with zero attached hydrogens (tertiary/aromatic N) is 4. The van der Waals surface area contributed by atoms with Crippen molar-refractivity contribution in [1.82, 2.24) is 24.6 Å². The van der Waals surface area contributed by atoms with Crippen molar-refractivity contribution in [3.8, 4) is 0 Å². The summed E-state index contributed by atoms with van der Waals surface area (Å²) in [6.45, 7) is 3.09. The highest BCUT2D eigenvalue weighted by atomic mass is 16.5. The monoisotopic (exact) mass is 419 g/mol. The van der Waals surface area contributed by atoms with E-state index in [1.165, 1.54) is 4.68 Å². The van der Waals surface area contributed by atoms with Gasteiger partial charge in [-0.1, -0.05) is 30.3 Å². The van der Waals surface area contributed by atoms with Crippen LogP contribution in [0.5, 0.6) is 0 Å². The third-order valence-corrected chi connectivity index (χ3v) is 5.33. The van der Waals surface area contributed by atoms with Crippen molar-refractivity contribution in [2.24, 2.45) is 7.05 Å². The van der Waals surface area contributed by atoms with E-state index in [1.54, 1.807) is 26.3 Å². The van der Waals surface area contributed by atoms with Crippen molar-refractivity contribution >= 4 is 27.7 Å². The van der Waals surface area contributed by atoms with Gasteiger partial charge in [-0.05, 0) is 25.1 Å². The number of aromatic nitrogens is 4. The van der Waals surface area contributed by atoms with Gasteiger partial charge in [-0.15, -0.1) is 0 Å². The molecule has 1 atom stereocenters. The van der Waals surface area contributed by atoms with Crippen LogP contribution in [0.25, 0.3) is 21.8 Å². The molecule has 0 bridgehead atoms. The maximum absolute atomic E-state index is 12.9. The molecule has 31 heavy (non-hydrogen) atoms. The van der Waals surface area contributed by atoms with E-state index in [2.05, 4.69) is 15.0 Å². The van der Waals surface area contributed by atoms with Crippen molar-refractivity contribution in [3.63, 3.8) is 0 Å². The van der Waals surface area contributed by atoms with Gasteiger partial charge >= 0.3 is 0 Å². The van der Waals surface area contributed by atoms with Crippen LogP contribution in [0.1, 0.15) is 24.5 Å². The summed E-state index contributed by atoms with van der Waals surface area (Å²) in [5, 5.41) is 8.60. The van der Waals surface area contributed by atoms with Gasteiger partial charge in [-0.25, -0.2) is 9.67 Å². The summed E-state index contributed by atoms with van der Waals surface area (Å²) >= 11 is 0. The zero-order valence-corrected chi connectivity index (χ0v) is 17.8. The van der Waals surface area contributed by atoms with Gasteiger partial charge in [0.05, 0.1) is 41.2 Å². The summed E-state index contributed by atoms with van der Waals surface area (Å²) in [6, 6.07) is 14.8. The molecule has 0 radical (unpaired) electrons. The predicted octanol–water partition coefficient (Wildman–Crippen LogP) is 2.35. The molecular weight excluding hydrogens is 394 g/mol. The molecule has 0 saturated heterocycles. The van der Waals surface area contributed by atoms with Crippen molar-refractivity contribution in [3.05, 3.63) is 70.4 Å². The molecule has 0 aliphatic carbocycles. The lowest BCUT2D eigenvalue weighted by molar-refractivity contribution is -0.121. The number of carbonyl (C=O) groups is 1. The molecule has 2 heterocycles. The van der Waals surface area contributed by atoms with Crippen LogP contribution < -0.4 is 10.9 Å². The number of aryl methyl sites for hydroxylation is 1. The molecule has 0 spiro atoms. The van der Waals surface area contributed by atoms with Gasteiger partial charge in [0.2, 0.25) is 5.91 Å². The summed E-state index contributed by atoms with van der Waals surface area (Å²) in [6.07, 6.45) is 0.0667. The first-order chi connectivity index (χ1) is 15.0. The Morgan fingerprint density at radius 3 is 2.61 bits per heavy atom. The Balaban J connectivity index is 1.60. The van der Waals surface area contributed by atoms with Gasteiger partial charge in [0.1, 0.15) is 5.82 Å². The molecule has 1 amide bonds. The van der Waals surface area contributed by atoms with Crippen LogP contribution in [-0.2, 0) is 29.5 Å². The number of carbonyl (C=O) groups excluding carboxylic acids is 1. The topological polar surface area (TPSA) is 91.0 Å². The van der Waals surface area contributed by atoms with Gasteiger partial charge in [-0.3, -0.25) is 9.59 Å². The van der Waals surface area contributed by atoms with Crippen molar-refractivity contribution in [1.29, 1.82) is 0 Å². The van der Waals surface area contributed by atoms with E-state index in [-0.39, 0.29) is 23.9 Å². The molecule has 0 aliphatic heterocycles. The first-order valence-electron chi connectivity index (χ1n) is 10.2. The zero-order chi connectivity index (χ0) is 22.0. The summed E-state index contributed by atoms with van der Waals surface area (Å²) in [5.74, 6) is 0.582. The van der Waals surface area contributed by atoms with E-state index in [0.29, 0.717) is 29.6 Å². The van der Waals surface area contributed by atoms with Crippen LogP contribution in [0.3, 0.4) is 0 Å². The third-order valence-electron chi connectivity index (χ3n) is 5.33. The molecule has 0 fully saturated rings. The first-order valence-corrected chi connectivity index (χ1v) is 10.2. The number of amides is 1. The number of rotatable bonds is 7. The van der Waals surface area contributed by atoms with E-state index in [4.69, 9.17) is 9.72 Å². The highest BCUT2D eigenvalue weighted by Gasteiger charge is 2.19. The number of para-hydroxylation sites is 2. The highest BCUT2D eigenvalue weighted by molar-refractivity contribution is 5.88. The number of hydrogen-bond acceptors (Lipinski definition) is 5. The van der Waals surface area contributed by atoms with E-state index in [9.17, 15) is 9.59 Å². The second-order valence-corrected chi connectivity index (χ2v) is 7.49. The van der Waals surface area contributed by atoms with E-state index in [1.807, 2.05) is 43.3 Å². The zero-order valence-electron chi connectivity index (χ0n) is 17.8. The third kappa shape index (κ3) is 4.06. The second-order valence-electron chi connectivity index (χ2n) is 7.49. The van der Waals surface area contributed by atoms with Gasteiger partial charge < -0.3 is 14.6 Å². The minimum absolute atomic E-state index is 0.0667. The SMILES string of the molecule is COCCn1c(C(C)NC(=O)Cc2nn(C)c(=O)c3ccccc23)nc2ccccc21. The first kappa shape index (κ1) is 20.7. The summed E-state index contributed by atoms with van der Waals surface area (Å²) < 4.78 is 8.60. The maximum atomic E-state index is 12.9. The lowest BCUT2D eigenvalue weighted by atomic mass is 10.1. The van der Waals surface area contributed by atoms with Crippen LogP contribution in [-0.4, -0.2) is 39.0 Å². The summed E-state index contributed by atoms with van der Waals surface area (Å²) in [7, 11) is 3.26. The lowest BCUT2D eigenvalue weighted by Crippen LogP contribution is -2.31. The van der Waals surface area contributed by atoms with Crippen molar-refractivity contribution in [2.45, 2.75) is 25.9 Å². The summed E-state index contributed by atoms with van der Waals surface area (Å²) in [4.78, 5) is 29.9. The van der Waals surface area contributed by atoms with Crippen LogP contribution in [0.4, 0.5) is 0 Å². The average Bonchev–Trinajstić information content (AvgIpc) is 3.14. The fraction of sp³-hybridized carbons (Fsp3) is 0.304. The Morgan fingerprint density at radius 2 is 1.84 bits per heavy atom. The Hall–Kier alpha value is -3.52. The van der Waals surface area contributed by atoms with Gasteiger partial charge in [-0.2, -0.15) is 5.10 Å². The molecule has 2 aromatic heterocycles. The van der Waals surface area contributed by atoms with Gasteiger partial charge in [0.15, 0.2) is 0 Å². The Labute approximate surface area is 179 Å². The maximum Gasteiger partial charge on any atom is 0.274 e. The minimum atomic E-state index is -0.310. The van der Waals surface area contributed by atoms with E-state index >= 15 is 0 Å². The predicted molar refractivity (Wildman–Crippen MR) is 119 cm³/mol. The van der Waals surface area contributed by atoms with E-state index in [0.717, 1.165) is 16.9 Å². The number of ether oxygens (including phenoxy) is 1. The fourth-order valence-electron chi connectivity index (χ4n) is 3.86. The second kappa shape index (κ2) is 8.69. The number of fused-ring (bicyclic) bond motifs is 2. The largest absolute Gasteiger partial charge is 0.383 e. The molecule has 1 N–H and O–H groups in total. The quantitative estimate of drug-likeness (QED) is 0.497. The van der Waals surface area contributed by atoms with Crippen molar-refractivity contribution in [2.75, 3.05) is 13.7 Å². The van der Waals surface area contributed by atoms with Crippen LogP contribution >= 0.6 is 0 Å². The fourth-order valence-corrected chi connectivity index (χ4v) is 3.86. The molecule has 0 aliphatic rings. The normalized spacial score (nSPS) is 12.4. The number of benzene rings is 2. The number of hydrogen-bond donors (Lipinski definition) is 1. The number of imidazole rings is 1. The molecule has 8 heteroatoms. The molecule has 1 unspecified atom stereocenters. The summed E-state index contributed by atoms with van der Waals surface area (Å²) in [5.41, 5.74) is 2.26. The smallest absolute Gasteiger partial charge is 0.274 e. The van der Waals surface area contributed by atoms with Gasteiger partial charge in [0.25, 0.3) is 5.56 Å². The molecule has 2 aromatic carbocycles. The number of methoxy groups -OCH3 is 1. The molecule has 8 nitrogen and oxygen atoms in total. The van der Waals surface area contributed by atoms with Crippen molar-refractivity contribution < 1.29 is 9.53 Å². The molecule has 4 rings (SSSR count). The standard InChI is InChI=1S/C23H25N5O3/c1-15(22-25-18-10-6-7-11-20(18)28(22)12-13-31-3)24-21(29)14-19-16-8-4-5-9-17(16)23(30)27(2)26-19/h4-11,15H,12-14H2,1-3H3,(H,24,29). The molecular formula is C23H25N5O3. The average molecular weight is 419 g/mol. The highest BCUT2D eigenvalue weighted by Crippen LogP contribution is 2.21. The number of nitrogens with one attached hydrogen (secondary N) is 1. The minimum Gasteiger partial charge on any atom is -0.383 e. The Morgan fingerprint density at radius 1 is 1.13 bits per heavy atom. The lowest BCUT2D eigenvalue weighted by Gasteiger charge is -2.16. The molecule has 4 aromatic rings. The Kier molecular flexibility index (Phi) is 5.81. The van der Waals surface area contributed by atoms with Crippen LogP contribution in [0.15, 0.2) is 53.3 Å². The van der Waals surface area contributed by atoms with Crippen LogP contribution in [0, 0.1) is 0 Å². The van der Waals surface area contributed by atoms with E-state index < -0.39 is 0 Å². The Bertz CT molecular complexity index is 1310. The molecule has 160 valence electrons. The van der Waals surface area contributed by atoms with Crippen LogP contribution in [0.2, 0.25) is 0 Å². The molecule has 0 saturated carbocycles. The van der Waals surface area contributed by atoms with Gasteiger partial charge in [0, 0.05) is 26.1 Å².